The average molecular weight is 325 g/mol. The van der Waals surface area contributed by atoms with Gasteiger partial charge in [-0.05, 0) is 18.1 Å². The van der Waals surface area contributed by atoms with Crippen LogP contribution in [0, 0.1) is 0 Å². The van der Waals surface area contributed by atoms with Crippen molar-refractivity contribution in [3.63, 3.8) is 0 Å². The summed E-state index contributed by atoms with van der Waals surface area (Å²) in [6, 6.07) is 7.06. The van der Waals surface area contributed by atoms with E-state index in [0.29, 0.717) is 18.0 Å². The van der Waals surface area contributed by atoms with Crippen molar-refractivity contribution < 1.29 is 21.7 Å². The summed E-state index contributed by atoms with van der Waals surface area (Å²) in [7, 11) is 3.48. The summed E-state index contributed by atoms with van der Waals surface area (Å²) in [5.41, 5.74) is 0.625. The molecule has 0 aromatic heterocycles. The minimum absolute atomic E-state index is 0.114. The second-order valence-corrected chi connectivity index (χ2v) is 9.47. The first-order chi connectivity index (χ1) is 8.88. The first-order valence-corrected chi connectivity index (χ1v) is 9.80. The largest absolute Gasteiger partial charge is 0.500 e. The second-order valence-electron chi connectivity index (χ2n) is 3.84. The van der Waals surface area contributed by atoms with Gasteiger partial charge in [-0.3, -0.25) is 0 Å². The van der Waals surface area contributed by atoms with Gasteiger partial charge in [0.2, 0.25) is 0 Å². The van der Waals surface area contributed by atoms with Gasteiger partial charge in [0.1, 0.15) is 0 Å². The molecule has 0 bridgehead atoms. The van der Waals surface area contributed by atoms with Crippen molar-refractivity contribution in [3.05, 3.63) is 29.8 Å². The molecule has 0 fully saturated rings. The van der Waals surface area contributed by atoms with Crippen molar-refractivity contribution in [1.82, 2.24) is 0 Å². The van der Waals surface area contributed by atoms with Crippen LogP contribution in [0.2, 0.25) is 6.04 Å². The van der Waals surface area contributed by atoms with Crippen LogP contribution in [0.15, 0.2) is 29.2 Å². The van der Waals surface area contributed by atoms with E-state index in [0.717, 1.165) is 0 Å². The molecule has 19 heavy (non-hydrogen) atoms. The summed E-state index contributed by atoms with van der Waals surface area (Å²) in [4.78, 5) is 0.114. The Labute approximate surface area is 119 Å². The first kappa shape index (κ1) is 16.6. The number of hydrogen-bond donors (Lipinski definition) is 0. The predicted octanol–water partition coefficient (Wildman–Crippen LogP) is 2.03. The molecule has 0 amide bonds. The maximum atomic E-state index is 11.5. The van der Waals surface area contributed by atoms with E-state index < -0.39 is 17.9 Å². The van der Waals surface area contributed by atoms with Crippen LogP contribution in [0.3, 0.4) is 0 Å². The van der Waals surface area contributed by atoms with Crippen LogP contribution in [0.1, 0.15) is 5.56 Å². The number of benzene rings is 1. The van der Waals surface area contributed by atoms with E-state index in [4.69, 9.17) is 24.0 Å². The third kappa shape index (κ3) is 4.27. The maximum absolute atomic E-state index is 11.5. The Kier molecular flexibility index (Phi) is 5.97. The van der Waals surface area contributed by atoms with Crippen molar-refractivity contribution in [2.75, 3.05) is 21.3 Å². The maximum Gasteiger partial charge on any atom is 0.500 e. The Hall–Kier alpha value is -0.443. The van der Waals surface area contributed by atoms with Crippen molar-refractivity contribution in [1.29, 1.82) is 0 Å². The molecule has 0 unspecified atom stereocenters. The molecule has 0 saturated carbocycles. The standard InChI is InChI=1S/C11H17ClO5SSi/c1-15-19(16-2,17-3)9-8-10-6-4-5-7-11(10)18(12,13)14/h4-7H,8-9H2,1-3H3. The third-order valence-electron chi connectivity index (χ3n) is 2.87. The minimum Gasteiger partial charge on any atom is -0.377 e. The van der Waals surface area contributed by atoms with E-state index in [1.54, 1.807) is 18.2 Å². The predicted molar refractivity (Wildman–Crippen MR) is 74.8 cm³/mol. The molecular weight excluding hydrogens is 308 g/mol. The summed E-state index contributed by atoms with van der Waals surface area (Å²) < 4.78 is 38.8. The zero-order valence-corrected chi connectivity index (χ0v) is 13.6. The highest BCUT2D eigenvalue weighted by Crippen LogP contribution is 2.24. The van der Waals surface area contributed by atoms with Gasteiger partial charge in [0, 0.05) is 38.1 Å². The van der Waals surface area contributed by atoms with Crippen LogP contribution in [0.25, 0.3) is 0 Å². The van der Waals surface area contributed by atoms with Crippen LogP contribution in [0.5, 0.6) is 0 Å². The SMILES string of the molecule is CO[Si](CCc1ccccc1S(=O)(=O)Cl)(OC)OC. The van der Waals surface area contributed by atoms with Crippen LogP contribution in [0.4, 0.5) is 0 Å². The van der Waals surface area contributed by atoms with Gasteiger partial charge in [-0.2, -0.15) is 0 Å². The topological polar surface area (TPSA) is 61.8 Å². The number of hydrogen-bond acceptors (Lipinski definition) is 5. The lowest BCUT2D eigenvalue weighted by atomic mass is 10.2. The number of halogens is 1. The summed E-state index contributed by atoms with van der Waals surface area (Å²) in [6.45, 7) is 0. The van der Waals surface area contributed by atoms with Gasteiger partial charge in [-0.1, -0.05) is 18.2 Å². The second kappa shape index (κ2) is 6.82. The minimum atomic E-state index is -3.76. The Morgan fingerprint density at radius 2 is 1.63 bits per heavy atom. The number of aryl methyl sites for hydroxylation is 1. The van der Waals surface area contributed by atoms with E-state index in [1.165, 1.54) is 27.4 Å². The van der Waals surface area contributed by atoms with Crippen LogP contribution >= 0.6 is 10.7 Å². The molecular formula is C11H17ClO5SSi. The van der Waals surface area contributed by atoms with Crippen LogP contribution in [-0.4, -0.2) is 38.6 Å². The third-order valence-corrected chi connectivity index (χ3v) is 7.02. The van der Waals surface area contributed by atoms with E-state index in [2.05, 4.69) is 0 Å². The lowest BCUT2D eigenvalue weighted by Crippen LogP contribution is -2.43. The van der Waals surface area contributed by atoms with Crippen LogP contribution < -0.4 is 0 Å². The molecule has 0 aliphatic carbocycles. The lowest BCUT2D eigenvalue weighted by molar-refractivity contribution is 0.123. The molecule has 1 rings (SSSR count). The van der Waals surface area contributed by atoms with Gasteiger partial charge in [0.25, 0.3) is 9.05 Å². The molecule has 0 heterocycles. The molecule has 108 valence electrons. The van der Waals surface area contributed by atoms with Gasteiger partial charge in [0.05, 0.1) is 4.90 Å². The number of rotatable bonds is 7. The highest BCUT2D eigenvalue weighted by molar-refractivity contribution is 8.13. The van der Waals surface area contributed by atoms with Gasteiger partial charge in [-0.25, -0.2) is 8.42 Å². The van der Waals surface area contributed by atoms with E-state index in [-0.39, 0.29) is 4.90 Å². The molecule has 0 aliphatic heterocycles. The van der Waals surface area contributed by atoms with E-state index in [1.807, 2.05) is 0 Å². The Bertz CT molecular complexity index is 507. The molecule has 1 aromatic rings. The molecule has 8 heteroatoms. The smallest absolute Gasteiger partial charge is 0.377 e. The van der Waals surface area contributed by atoms with E-state index >= 15 is 0 Å². The molecule has 0 radical (unpaired) electrons. The zero-order chi connectivity index (χ0) is 14.5. The highest BCUT2D eigenvalue weighted by atomic mass is 35.7. The average Bonchev–Trinajstić information content (AvgIpc) is 2.40. The fraction of sp³-hybridized carbons (Fsp3) is 0.455. The molecule has 0 spiro atoms. The Balaban J connectivity index is 2.96. The van der Waals surface area contributed by atoms with Crippen molar-refractivity contribution in [2.45, 2.75) is 17.4 Å². The normalized spacial score (nSPS) is 12.6. The van der Waals surface area contributed by atoms with E-state index in [9.17, 15) is 8.42 Å². The van der Waals surface area contributed by atoms with Gasteiger partial charge < -0.3 is 13.3 Å². The molecule has 0 N–H and O–H groups in total. The first-order valence-electron chi connectivity index (χ1n) is 5.56. The summed E-state index contributed by atoms with van der Waals surface area (Å²) in [6.07, 6.45) is 0.448. The summed E-state index contributed by atoms with van der Waals surface area (Å²) in [5.74, 6) is 0. The fourth-order valence-electron chi connectivity index (χ4n) is 1.79. The summed E-state index contributed by atoms with van der Waals surface area (Å²) >= 11 is 0. The molecule has 0 atom stereocenters. The van der Waals surface area contributed by atoms with Gasteiger partial charge in [-0.15, -0.1) is 0 Å². The highest BCUT2D eigenvalue weighted by Gasteiger charge is 2.37. The molecule has 5 nitrogen and oxygen atoms in total. The van der Waals surface area contributed by atoms with Crippen LogP contribution in [-0.2, 0) is 28.7 Å². The Morgan fingerprint density at radius 1 is 1.11 bits per heavy atom. The summed E-state index contributed by atoms with van der Waals surface area (Å²) in [5, 5.41) is 0. The molecule has 1 aromatic carbocycles. The monoisotopic (exact) mass is 324 g/mol. The lowest BCUT2D eigenvalue weighted by Gasteiger charge is -2.24. The zero-order valence-electron chi connectivity index (χ0n) is 11.1. The van der Waals surface area contributed by atoms with Crippen molar-refractivity contribution in [3.8, 4) is 0 Å². The molecule has 0 aliphatic rings. The quantitative estimate of drug-likeness (QED) is 0.567. The fourth-order valence-corrected chi connectivity index (χ4v) is 4.66. The van der Waals surface area contributed by atoms with Crippen molar-refractivity contribution >= 4 is 28.5 Å². The van der Waals surface area contributed by atoms with Gasteiger partial charge in [0.15, 0.2) is 0 Å². The van der Waals surface area contributed by atoms with Gasteiger partial charge >= 0.3 is 8.80 Å². The van der Waals surface area contributed by atoms with Crippen molar-refractivity contribution in [2.24, 2.45) is 0 Å². The molecule has 0 saturated heterocycles. The Morgan fingerprint density at radius 3 is 2.11 bits per heavy atom.